The van der Waals surface area contributed by atoms with Crippen LogP contribution in [0.5, 0.6) is 0 Å². The van der Waals surface area contributed by atoms with Crippen LogP contribution in [0.25, 0.3) is 11.5 Å². The maximum atomic E-state index is 12.7. The van der Waals surface area contributed by atoms with Crippen LogP contribution in [0.3, 0.4) is 0 Å². The van der Waals surface area contributed by atoms with Crippen LogP contribution < -0.4 is 5.32 Å². The molecule has 1 aliphatic carbocycles. The number of nitrogens with one attached hydrogen (secondary N) is 1. The molecule has 1 unspecified atom stereocenters. The first-order valence-corrected chi connectivity index (χ1v) is 12.9. The van der Waals surface area contributed by atoms with Gasteiger partial charge in [-0.05, 0) is 55.0 Å². The van der Waals surface area contributed by atoms with Gasteiger partial charge in [-0.25, -0.2) is 13.2 Å². The Morgan fingerprint density at radius 1 is 1.27 bits per heavy atom. The molecule has 4 rings (SSSR count). The van der Waals surface area contributed by atoms with Gasteiger partial charge in [-0.2, -0.15) is 0 Å². The molecule has 1 aromatic carbocycles. The van der Waals surface area contributed by atoms with Gasteiger partial charge in [0.15, 0.2) is 0 Å². The summed E-state index contributed by atoms with van der Waals surface area (Å²) >= 11 is 7.12. The Labute approximate surface area is 199 Å². The normalized spacial score (nSPS) is 15.7. The number of methoxy groups -OCH3 is 1. The maximum Gasteiger partial charge on any atom is 0.341 e. The van der Waals surface area contributed by atoms with Crippen LogP contribution in [0.15, 0.2) is 33.9 Å². The van der Waals surface area contributed by atoms with E-state index in [1.807, 2.05) is 0 Å². The quantitative estimate of drug-likeness (QED) is 0.497. The second-order valence-electron chi connectivity index (χ2n) is 7.73. The van der Waals surface area contributed by atoms with Crippen LogP contribution in [-0.4, -0.2) is 43.4 Å². The lowest BCUT2D eigenvalue weighted by Gasteiger charge is -2.18. The van der Waals surface area contributed by atoms with E-state index in [1.54, 1.807) is 24.3 Å². The van der Waals surface area contributed by atoms with Crippen molar-refractivity contribution in [1.29, 1.82) is 0 Å². The Balaban J connectivity index is 1.53. The van der Waals surface area contributed by atoms with Gasteiger partial charge in [0.25, 0.3) is 0 Å². The molecule has 9 nitrogen and oxygen atoms in total. The summed E-state index contributed by atoms with van der Waals surface area (Å²) in [6.45, 7) is 2.12. The molecule has 2 heterocycles. The van der Waals surface area contributed by atoms with Crippen molar-refractivity contribution in [1.82, 2.24) is 10.2 Å². The first-order valence-electron chi connectivity index (χ1n) is 10.0. The smallest absolute Gasteiger partial charge is 0.341 e. The lowest BCUT2D eigenvalue weighted by molar-refractivity contribution is -0.113. The van der Waals surface area contributed by atoms with Gasteiger partial charge in [0.1, 0.15) is 10.8 Å². The number of nitrogens with zero attached hydrogens (tertiary/aromatic N) is 2. The molecule has 3 aromatic rings. The molecule has 0 fully saturated rings. The second kappa shape index (κ2) is 9.24. The van der Waals surface area contributed by atoms with Crippen LogP contribution in [0.1, 0.15) is 34.1 Å². The highest BCUT2D eigenvalue weighted by atomic mass is 35.5. The fourth-order valence-corrected chi connectivity index (χ4v) is 6.05. The minimum Gasteiger partial charge on any atom is -0.465 e. The second-order valence-corrected chi connectivity index (χ2v) is 11.1. The maximum absolute atomic E-state index is 12.7. The third-order valence-electron chi connectivity index (χ3n) is 5.24. The van der Waals surface area contributed by atoms with Gasteiger partial charge in [0, 0.05) is 15.5 Å². The van der Waals surface area contributed by atoms with E-state index >= 15 is 0 Å². The van der Waals surface area contributed by atoms with Gasteiger partial charge in [-0.1, -0.05) is 23.6 Å². The number of hydrogen-bond acceptors (Lipinski definition) is 9. The van der Waals surface area contributed by atoms with Crippen LogP contribution in [0.2, 0.25) is 5.02 Å². The molecule has 2 aromatic heterocycles. The average molecular weight is 510 g/mol. The Hall–Kier alpha value is -2.76. The third-order valence-corrected chi connectivity index (χ3v) is 8.00. The van der Waals surface area contributed by atoms with E-state index in [-0.39, 0.29) is 16.5 Å². The Morgan fingerprint density at radius 2 is 2.00 bits per heavy atom. The monoisotopic (exact) mass is 509 g/mol. The van der Waals surface area contributed by atoms with Crippen LogP contribution >= 0.6 is 22.9 Å². The summed E-state index contributed by atoms with van der Waals surface area (Å²) in [6.07, 6.45) is 2.40. The van der Waals surface area contributed by atoms with Crippen LogP contribution in [0, 0.1) is 5.92 Å². The number of carbonyl (C=O) groups is 2. The van der Waals surface area contributed by atoms with Gasteiger partial charge in [-0.3, -0.25) is 4.79 Å². The summed E-state index contributed by atoms with van der Waals surface area (Å²) in [4.78, 5) is 26.0. The molecule has 1 amide bonds. The first kappa shape index (κ1) is 23.4. The van der Waals surface area contributed by atoms with E-state index < -0.39 is 32.7 Å². The molecule has 0 saturated carbocycles. The molecule has 33 heavy (non-hydrogen) atoms. The predicted octanol–water partition coefficient (Wildman–Crippen LogP) is 3.78. The average Bonchev–Trinajstić information content (AvgIpc) is 3.38. The summed E-state index contributed by atoms with van der Waals surface area (Å²) in [6, 6.07) is 6.41. The van der Waals surface area contributed by atoms with Gasteiger partial charge in [-0.15, -0.1) is 16.4 Å². The Kier molecular flexibility index (Phi) is 6.55. The van der Waals surface area contributed by atoms with Crippen molar-refractivity contribution < 1.29 is 27.2 Å². The molecular formula is C21H20ClN3O6S2. The summed E-state index contributed by atoms with van der Waals surface area (Å²) in [7, 11) is -2.95. The third kappa shape index (κ3) is 4.94. The van der Waals surface area contributed by atoms with Gasteiger partial charge < -0.3 is 14.5 Å². The predicted molar refractivity (Wildman–Crippen MR) is 122 cm³/mol. The van der Waals surface area contributed by atoms with E-state index in [1.165, 1.54) is 18.4 Å². The van der Waals surface area contributed by atoms with Crippen LogP contribution in [0.4, 0.5) is 5.00 Å². The molecule has 0 aliphatic heterocycles. The zero-order valence-corrected chi connectivity index (χ0v) is 20.1. The Bertz CT molecular complexity index is 1310. The number of halogens is 1. The fraction of sp³-hybridized carbons (Fsp3) is 0.333. The zero-order valence-electron chi connectivity index (χ0n) is 17.8. The lowest BCUT2D eigenvalue weighted by atomic mass is 9.88. The number of hydrogen-bond donors (Lipinski definition) is 1. The van der Waals surface area contributed by atoms with Crippen LogP contribution in [-0.2, 0) is 32.2 Å². The largest absolute Gasteiger partial charge is 0.465 e. The van der Waals surface area contributed by atoms with E-state index in [9.17, 15) is 18.0 Å². The number of ether oxygens (including phenoxy) is 1. The number of rotatable bonds is 6. The summed E-state index contributed by atoms with van der Waals surface area (Å²) in [5.74, 6) is -1.87. The molecule has 174 valence electrons. The molecule has 0 radical (unpaired) electrons. The number of carbonyl (C=O) groups excluding carboxylic acids is 2. The van der Waals surface area contributed by atoms with Crippen molar-refractivity contribution in [2.24, 2.45) is 5.92 Å². The van der Waals surface area contributed by atoms with Gasteiger partial charge in [0.05, 0.1) is 12.7 Å². The molecular weight excluding hydrogens is 490 g/mol. The highest BCUT2D eigenvalue weighted by Gasteiger charge is 2.31. The number of fused-ring (bicyclic) bond motifs is 1. The summed E-state index contributed by atoms with van der Waals surface area (Å²) < 4.78 is 35.5. The van der Waals surface area contributed by atoms with Gasteiger partial charge in [0.2, 0.25) is 21.6 Å². The number of thiophene rings is 1. The van der Waals surface area contributed by atoms with Crippen molar-refractivity contribution in [2.75, 3.05) is 18.2 Å². The van der Waals surface area contributed by atoms with Crippen molar-refractivity contribution in [3.8, 4) is 11.5 Å². The molecule has 1 N–H and O–H groups in total. The molecule has 0 saturated heterocycles. The number of esters is 1. The van der Waals surface area contributed by atoms with E-state index in [0.717, 1.165) is 23.3 Å². The van der Waals surface area contributed by atoms with Crippen molar-refractivity contribution in [3.05, 3.63) is 45.3 Å². The highest BCUT2D eigenvalue weighted by Crippen LogP contribution is 2.40. The van der Waals surface area contributed by atoms with E-state index in [4.69, 9.17) is 20.8 Å². The summed E-state index contributed by atoms with van der Waals surface area (Å²) in [5, 5.41) is 10.00. The van der Waals surface area contributed by atoms with Gasteiger partial charge >= 0.3 is 11.2 Å². The van der Waals surface area contributed by atoms with Crippen molar-refractivity contribution in [3.63, 3.8) is 0 Å². The summed E-state index contributed by atoms with van der Waals surface area (Å²) in [5.41, 5.74) is 1.63. The number of aromatic nitrogens is 2. The number of anilines is 1. The SMILES string of the molecule is COC(=O)c1c(NC(=O)CS(=O)(=O)c2nnc(-c3ccc(Cl)cc3)o2)sc2c1CCC(C)C2. The lowest BCUT2D eigenvalue weighted by Crippen LogP contribution is -2.24. The van der Waals surface area contributed by atoms with E-state index in [0.29, 0.717) is 22.9 Å². The van der Waals surface area contributed by atoms with Crippen molar-refractivity contribution in [2.45, 2.75) is 31.4 Å². The standard InChI is InChI=1S/C21H20ClN3O6S2/c1-11-3-8-14-15(9-11)32-19(17(14)20(27)30-2)23-16(26)10-33(28,29)21-25-24-18(31-21)12-4-6-13(22)7-5-12/h4-7,11H,3,8-10H2,1-2H3,(H,23,26). The first-order chi connectivity index (χ1) is 15.7. The molecule has 12 heteroatoms. The molecule has 0 spiro atoms. The number of amides is 1. The topological polar surface area (TPSA) is 128 Å². The number of benzene rings is 1. The van der Waals surface area contributed by atoms with Crippen molar-refractivity contribution >= 4 is 49.7 Å². The molecule has 1 aliphatic rings. The minimum absolute atomic E-state index is 0.0151. The molecule has 0 bridgehead atoms. The minimum atomic E-state index is -4.21. The Morgan fingerprint density at radius 3 is 2.70 bits per heavy atom. The fourth-order valence-electron chi connectivity index (χ4n) is 3.60. The number of sulfone groups is 1. The zero-order chi connectivity index (χ0) is 23.8. The molecule has 1 atom stereocenters. The highest BCUT2D eigenvalue weighted by molar-refractivity contribution is 7.91. The van der Waals surface area contributed by atoms with E-state index in [2.05, 4.69) is 22.4 Å².